The maximum atomic E-state index is 11.6. The third-order valence-corrected chi connectivity index (χ3v) is 3.83. The molecule has 1 unspecified atom stereocenters. The molecule has 100 valence electrons. The predicted molar refractivity (Wildman–Crippen MR) is 79.1 cm³/mol. The van der Waals surface area contributed by atoms with Crippen molar-refractivity contribution in [1.29, 1.82) is 0 Å². The van der Waals surface area contributed by atoms with Crippen molar-refractivity contribution < 1.29 is 9.53 Å². The van der Waals surface area contributed by atoms with Crippen molar-refractivity contribution in [2.75, 3.05) is 12.4 Å². The normalized spacial score (nSPS) is 11.9. The number of hydrogen-bond donors (Lipinski definition) is 1. The number of hydrogen-bond acceptors (Lipinski definition) is 4. The average molecular weight is 296 g/mol. The quantitative estimate of drug-likeness (QED) is 0.852. The van der Waals surface area contributed by atoms with Crippen LogP contribution in [-0.4, -0.2) is 13.1 Å². The van der Waals surface area contributed by atoms with Gasteiger partial charge in [0.1, 0.15) is 0 Å². The molecule has 1 N–H and O–H groups in total. The number of rotatable bonds is 4. The first-order valence-electron chi connectivity index (χ1n) is 5.78. The molecule has 1 heterocycles. The molecular formula is C14H14ClNO2S. The Kier molecular flexibility index (Phi) is 4.45. The van der Waals surface area contributed by atoms with Crippen molar-refractivity contribution in [1.82, 2.24) is 0 Å². The first kappa shape index (κ1) is 13.9. The molecule has 1 aromatic heterocycles. The van der Waals surface area contributed by atoms with Gasteiger partial charge in [0.2, 0.25) is 0 Å². The third kappa shape index (κ3) is 3.28. The van der Waals surface area contributed by atoms with E-state index in [4.69, 9.17) is 16.3 Å². The number of carbonyl (C=O) groups is 1. The van der Waals surface area contributed by atoms with Crippen LogP contribution in [0.4, 0.5) is 5.69 Å². The SMILES string of the molecule is COC(=O)c1cc(NC(C)c2ccsc2)ccc1Cl. The van der Waals surface area contributed by atoms with Crippen molar-refractivity contribution in [3.05, 3.63) is 51.2 Å². The summed E-state index contributed by atoms with van der Waals surface area (Å²) in [5.74, 6) is -0.433. The minimum Gasteiger partial charge on any atom is -0.465 e. The van der Waals surface area contributed by atoms with Gasteiger partial charge in [-0.3, -0.25) is 0 Å². The molecule has 0 aliphatic carbocycles. The van der Waals surface area contributed by atoms with Gasteiger partial charge in [-0.15, -0.1) is 0 Å². The Labute approximate surface area is 121 Å². The van der Waals surface area contributed by atoms with Crippen LogP contribution in [0.1, 0.15) is 28.9 Å². The second-order valence-electron chi connectivity index (χ2n) is 4.11. The topological polar surface area (TPSA) is 38.3 Å². The Morgan fingerprint density at radius 1 is 1.42 bits per heavy atom. The van der Waals surface area contributed by atoms with Gasteiger partial charge in [0.15, 0.2) is 0 Å². The van der Waals surface area contributed by atoms with Gasteiger partial charge in [0, 0.05) is 11.7 Å². The molecule has 0 aliphatic heterocycles. The molecule has 0 saturated carbocycles. The summed E-state index contributed by atoms with van der Waals surface area (Å²) >= 11 is 7.64. The summed E-state index contributed by atoms with van der Waals surface area (Å²) in [5, 5.41) is 7.85. The van der Waals surface area contributed by atoms with Gasteiger partial charge >= 0.3 is 5.97 Å². The molecule has 2 aromatic rings. The van der Waals surface area contributed by atoms with Gasteiger partial charge in [0.25, 0.3) is 0 Å². The van der Waals surface area contributed by atoms with E-state index in [0.717, 1.165) is 5.69 Å². The van der Waals surface area contributed by atoms with Crippen LogP contribution in [0, 0.1) is 0 Å². The molecule has 1 atom stereocenters. The molecule has 0 spiro atoms. The molecule has 19 heavy (non-hydrogen) atoms. The van der Waals surface area contributed by atoms with E-state index >= 15 is 0 Å². The van der Waals surface area contributed by atoms with Crippen LogP contribution in [0.3, 0.4) is 0 Å². The Bertz CT molecular complexity index is 569. The molecule has 0 aliphatic rings. The predicted octanol–water partition coefficient (Wildman–Crippen LogP) is 4.36. The van der Waals surface area contributed by atoms with E-state index in [1.54, 1.807) is 23.5 Å². The largest absolute Gasteiger partial charge is 0.465 e. The average Bonchev–Trinajstić information content (AvgIpc) is 2.94. The highest BCUT2D eigenvalue weighted by molar-refractivity contribution is 7.08. The number of ether oxygens (including phenoxy) is 1. The van der Waals surface area contributed by atoms with E-state index in [2.05, 4.69) is 23.7 Å². The fraction of sp³-hybridized carbons (Fsp3) is 0.214. The van der Waals surface area contributed by atoms with Crippen molar-refractivity contribution in [3.63, 3.8) is 0 Å². The maximum absolute atomic E-state index is 11.6. The molecule has 1 aromatic carbocycles. The Morgan fingerprint density at radius 2 is 2.21 bits per heavy atom. The number of methoxy groups -OCH3 is 1. The number of halogens is 1. The van der Waals surface area contributed by atoms with Crippen molar-refractivity contribution in [3.8, 4) is 0 Å². The summed E-state index contributed by atoms with van der Waals surface area (Å²) < 4.78 is 4.70. The van der Waals surface area contributed by atoms with Gasteiger partial charge in [-0.25, -0.2) is 4.79 Å². The van der Waals surface area contributed by atoms with Crippen LogP contribution in [0.5, 0.6) is 0 Å². The number of thiophene rings is 1. The third-order valence-electron chi connectivity index (χ3n) is 2.80. The van der Waals surface area contributed by atoms with E-state index in [-0.39, 0.29) is 6.04 Å². The zero-order valence-corrected chi connectivity index (χ0v) is 12.2. The van der Waals surface area contributed by atoms with E-state index in [0.29, 0.717) is 10.6 Å². The van der Waals surface area contributed by atoms with Gasteiger partial charge in [-0.05, 0) is 47.5 Å². The molecule has 0 fully saturated rings. The van der Waals surface area contributed by atoms with Crippen LogP contribution in [0.2, 0.25) is 5.02 Å². The first-order chi connectivity index (χ1) is 9.11. The molecule has 5 heteroatoms. The number of nitrogens with one attached hydrogen (secondary N) is 1. The molecule has 0 saturated heterocycles. The summed E-state index contributed by atoms with van der Waals surface area (Å²) in [5.41, 5.74) is 2.41. The van der Waals surface area contributed by atoms with Crippen molar-refractivity contribution >= 4 is 34.6 Å². The summed E-state index contributed by atoms with van der Waals surface area (Å²) in [4.78, 5) is 11.6. The second-order valence-corrected chi connectivity index (χ2v) is 5.30. The standard InChI is InChI=1S/C14H14ClNO2S/c1-9(10-5-6-19-8-10)16-11-3-4-13(15)12(7-11)14(17)18-2/h3-9,16H,1-2H3. The highest BCUT2D eigenvalue weighted by Crippen LogP contribution is 2.25. The fourth-order valence-electron chi connectivity index (χ4n) is 1.74. The highest BCUT2D eigenvalue weighted by atomic mass is 35.5. The lowest BCUT2D eigenvalue weighted by Crippen LogP contribution is -2.07. The number of carbonyl (C=O) groups excluding carboxylic acids is 1. The van der Waals surface area contributed by atoms with Crippen LogP contribution >= 0.6 is 22.9 Å². The van der Waals surface area contributed by atoms with Gasteiger partial charge < -0.3 is 10.1 Å². The summed E-state index contributed by atoms with van der Waals surface area (Å²) in [7, 11) is 1.34. The lowest BCUT2D eigenvalue weighted by molar-refractivity contribution is 0.0601. The van der Waals surface area contributed by atoms with Gasteiger partial charge in [-0.2, -0.15) is 11.3 Å². The lowest BCUT2D eigenvalue weighted by Gasteiger charge is -2.15. The summed E-state index contributed by atoms with van der Waals surface area (Å²) in [6.45, 7) is 2.06. The number of benzene rings is 1. The molecule has 2 rings (SSSR count). The Hall–Kier alpha value is -1.52. The van der Waals surface area contributed by atoms with E-state index in [1.165, 1.54) is 12.7 Å². The minimum atomic E-state index is -0.433. The smallest absolute Gasteiger partial charge is 0.339 e. The number of anilines is 1. The Balaban J connectivity index is 2.19. The summed E-state index contributed by atoms with van der Waals surface area (Å²) in [6, 6.07) is 7.47. The fourth-order valence-corrected chi connectivity index (χ4v) is 2.68. The van der Waals surface area contributed by atoms with E-state index in [1.807, 2.05) is 11.4 Å². The lowest BCUT2D eigenvalue weighted by atomic mass is 10.1. The zero-order valence-electron chi connectivity index (χ0n) is 10.6. The first-order valence-corrected chi connectivity index (χ1v) is 7.10. The van der Waals surface area contributed by atoms with E-state index < -0.39 is 5.97 Å². The highest BCUT2D eigenvalue weighted by Gasteiger charge is 2.12. The van der Waals surface area contributed by atoms with E-state index in [9.17, 15) is 4.79 Å². The van der Waals surface area contributed by atoms with Crippen molar-refractivity contribution in [2.45, 2.75) is 13.0 Å². The second kappa shape index (κ2) is 6.08. The van der Waals surface area contributed by atoms with Crippen LogP contribution in [0.15, 0.2) is 35.0 Å². The Morgan fingerprint density at radius 3 is 2.84 bits per heavy atom. The minimum absolute atomic E-state index is 0.165. The zero-order chi connectivity index (χ0) is 13.8. The van der Waals surface area contributed by atoms with Crippen LogP contribution in [0.25, 0.3) is 0 Å². The summed E-state index contributed by atoms with van der Waals surface area (Å²) in [6.07, 6.45) is 0. The van der Waals surface area contributed by atoms with Crippen LogP contribution in [-0.2, 0) is 4.74 Å². The monoisotopic (exact) mass is 295 g/mol. The molecule has 0 radical (unpaired) electrons. The van der Waals surface area contributed by atoms with Gasteiger partial charge in [0.05, 0.1) is 17.7 Å². The maximum Gasteiger partial charge on any atom is 0.339 e. The molecule has 0 bridgehead atoms. The van der Waals surface area contributed by atoms with Gasteiger partial charge in [-0.1, -0.05) is 11.6 Å². The van der Waals surface area contributed by atoms with Crippen molar-refractivity contribution in [2.24, 2.45) is 0 Å². The molecular weight excluding hydrogens is 282 g/mol. The van der Waals surface area contributed by atoms with Crippen LogP contribution < -0.4 is 5.32 Å². The molecule has 0 amide bonds. The molecule has 3 nitrogen and oxygen atoms in total. The number of esters is 1.